The number of nitrogens with one attached hydrogen (secondary N) is 1. The number of amides is 2. The molecule has 1 saturated heterocycles. The van der Waals surface area contributed by atoms with Gasteiger partial charge in [0.25, 0.3) is 0 Å². The minimum atomic E-state index is -0.777. The second-order valence-corrected chi connectivity index (χ2v) is 4.51. The zero-order chi connectivity index (χ0) is 13.8. The second-order valence-electron chi connectivity index (χ2n) is 4.51. The highest BCUT2D eigenvalue weighted by Crippen LogP contribution is 2.12. The SMILES string of the molecule is O=C(Nc1ccc(F)cc1)C(=O)N1CCCC(O)C1. The van der Waals surface area contributed by atoms with Crippen molar-refractivity contribution in [1.82, 2.24) is 4.90 Å². The van der Waals surface area contributed by atoms with Crippen LogP contribution in [0.4, 0.5) is 10.1 Å². The van der Waals surface area contributed by atoms with Crippen LogP contribution in [0.1, 0.15) is 12.8 Å². The molecule has 0 aromatic heterocycles. The van der Waals surface area contributed by atoms with Crippen LogP contribution in [0.25, 0.3) is 0 Å². The van der Waals surface area contributed by atoms with Crippen LogP contribution in [-0.4, -0.2) is 41.0 Å². The highest BCUT2D eigenvalue weighted by Gasteiger charge is 2.26. The molecule has 0 bridgehead atoms. The number of β-amino-alcohol motifs (C(OH)–C–C–N with tert-alkyl or cyclic N) is 1. The molecule has 19 heavy (non-hydrogen) atoms. The molecule has 0 aliphatic carbocycles. The number of piperidine rings is 1. The zero-order valence-electron chi connectivity index (χ0n) is 10.3. The summed E-state index contributed by atoms with van der Waals surface area (Å²) in [6, 6.07) is 5.16. The van der Waals surface area contributed by atoms with E-state index in [9.17, 15) is 19.1 Å². The average molecular weight is 266 g/mol. The van der Waals surface area contributed by atoms with E-state index in [0.29, 0.717) is 25.1 Å². The molecular formula is C13H15FN2O3. The Bertz CT molecular complexity index is 475. The Balaban J connectivity index is 1.95. The topological polar surface area (TPSA) is 69.6 Å². The van der Waals surface area contributed by atoms with Gasteiger partial charge in [0.15, 0.2) is 0 Å². The minimum Gasteiger partial charge on any atom is -0.391 e. The standard InChI is InChI=1S/C13H15FN2O3/c14-9-3-5-10(6-4-9)15-12(18)13(19)16-7-1-2-11(17)8-16/h3-6,11,17H,1-2,7-8H2,(H,15,18). The van der Waals surface area contributed by atoms with Gasteiger partial charge >= 0.3 is 11.8 Å². The molecule has 2 rings (SSSR count). The third-order valence-corrected chi connectivity index (χ3v) is 2.98. The van der Waals surface area contributed by atoms with Crippen LogP contribution in [0.5, 0.6) is 0 Å². The number of hydrogen-bond acceptors (Lipinski definition) is 3. The van der Waals surface area contributed by atoms with Gasteiger partial charge in [-0.25, -0.2) is 4.39 Å². The number of halogens is 1. The van der Waals surface area contributed by atoms with E-state index < -0.39 is 23.7 Å². The Morgan fingerprint density at radius 2 is 2.00 bits per heavy atom. The van der Waals surface area contributed by atoms with Gasteiger partial charge in [0.2, 0.25) is 0 Å². The lowest BCUT2D eigenvalue weighted by Gasteiger charge is -2.29. The lowest BCUT2D eigenvalue weighted by molar-refractivity contribution is -0.145. The van der Waals surface area contributed by atoms with E-state index in [2.05, 4.69) is 5.32 Å². The maximum absolute atomic E-state index is 12.7. The summed E-state index contributed by atoms with van der Waals surface area (Å²) in [6.07, 6.45) is 0.747. The molecule has 102 valence electrons. The second kappa shape index (κ2) is 5.79. The summed E-state index contributed by atoms with van der Waals surface area (Å²) in [6.45, 7) is 0.641. The fourth-order valence-electron chi connectivity index (χ4n) is 2.00. The first-order chi connectivity index (χ1) is 9.06. The first-order valence-electron chi connectivity index (χ1n) is 6.10. The normalized spacial score (nSPS) is 19.1. The van der Waals surface area contributed by atoms with E-state index in [0.717, 1.165) is 0 Å². The van der Waals surface area contributed by atoms with Gasteiger partial charge in [-0.15, -0.1) is 0 Å². The molecule has 2 N–H and O–H groups in total. The number of carbonyl (C=O) groups excluding carboxylic acids is 2. The molecule has 1 fully saturated rings. The number of nitrogens with zero attached hydrogens (tertiary/aromatic N) is 1. The molecule has 1 aliphatic rings. The van der Waals surface area contributed by atoms with Crippen LogP contribution in [0.15, 0.2) is 24.3 Å². The van der Waals surface area contributed by atoms with E-state index in [1.807, 2.05) is 0 Å². The Labute approximate surface area is 110 Å². The number of carbonyl (C=O) groups is 2. The molecule has 1 atom stereocenters. The monoisotopic (exact) mass is 266 g/mol. The Hall–Kier alpha value is -1.95. The summed E-state index contributed by atoms with van der Waals surface area (Å²) in [5.74, 6) is -1.87. The van der Waals surface area contributed by atoms with Gasteiger partial charge in [0.1, 0.15) is 5.82 Å². The molecule has 0 spiro atoms. The number of likely N-dealkylation sites (tertiary alicyclic amines) is 1. The molecule has 5 nitrogen and oxygen atoms in total. The average Bonchev–Trinajstić information content (AvgIpc) is 2.40. The Kier molecular flexibility index (Phi) is 4.11. The molecule has 1 aromatic rings. The van der Waals surface area contributed by atoms with E-state index in [-0.39, 0.29) is 6.54 Å². The maximum Gasteiger partial charge on any atom is 0.313 e. The molecule has 1 heterocycles. The molecular weight excluding hydrogens is 251 g/mol. The van der Waals surface area contributed by atoms with Gasteiger partial charge in [-0.2, -0.15) is 0 Å². The quantitative estimate of drug-likeness (QED) is 0.737. The molecule has 1 aromatic carbocycles. The third kappa shape index (κ3) is 3.51. The smallest absolute Gasteiger partial charge is 0.313 e. The molecule has 0 radical (unpaired) electrons. The van der Waals surface area contributed by atoms with E-state index in [4.69, 9.17) is 0 Å². The minimum absolute atomic E-state index is 0.176. The molecule has 6 heteroatoms. The first-order valence-corrected chi connectivity index (χ1v) is 6.10. The van der Waals surface area contributed by atoms with Gasteiger partial charge < -0.3 is 15.3 Å². The van der Waals surface area contributed by atoms with Crippen LogP contribution in [0, 0.1) is 5.82 Å². The van der Waals surface area contributed by atoms with Crippen LogP contribution >= 0.6 is 0 Å². The highest BCUT2D eigenvalue weighted by molar-refractivity contribution is 6.39. The van der Waals surface area contributed by atoms with Crippen molar-refractivity contribution >= 4 is 17.5 Å². The summed E-state index contributed by atoms with van der Waals surface area (Å²) in [5.41, 5.74) is 0.359. The van der Waals surface area contributed by atoms with Crippen molar-refractivity contribution in [3.63, 3.8) is 0 Å². The van der Waals surface area contributed by atoms with Crippen molar-refractivity contribution in [2.45, 2.75) is 18.9 Å². The molecule has 2 amide bonds. The van der Waals surface area contributed by atoms with Crippen LogP contribution in [-0.2, 0) is 9.59 Å². The summed E-state index contributed by atoms with van der Waals surface area (Å²) in [5, 5.41) is 11.9. The predicted molar refractivity (Wildman–Crippen MR) is 66.9 cm³/mol. The van der Waals surface area contributed by atoms with Crippen molar-refractivity contribution in [2.75, 3.05) is 18.4 Å². The summed E-state index contributed by atoms with van der Waals surface area (Å²) in [7, 11) is 0. The number of rotatable bonds is 1. The number of anilines is 1. The summed E-state index contributed by atoms with van der Waals surface area (Å²) in [4.78, 5) is 24.9. The fourth-order valence-corrected chi connectivity index (χ4v) is 2.00. The Morgan fingerprint density at radius 1 is 1.32 bits per heavy atom. The van der Waals surface area contributed by atoms with E-state index in [1.54, 1.807) is 0 Å². The molecule has 1 unspecified atom stereocenters. The Morgan fingerprint density at radius 3 is 2.63 bits per heavy atom. The first kappa shape index (κ1) is 13.5. The third-order valence-electron chi connectivity index (χ3n) is 2.98. The predicted octanol–water partition coefficient (Wildman–Crippen LogP) is 0.747. The summed E-state index contributed by atoms with van der Waals surface area (Å²) < 4.78 is 12.7. The number of hydrogen-bond donors (Lipinski definition) is 2. The zero-order valence-corrected chi connectivity index (χ0v) is 10.3. The van der Waals surface area contributed by atoms with Crippen LogP contribution in [0.3, 0.4) is 0 Å². The summed E-state index contributed by atoms with van der Waals surface area (Å²) >= 11 is 0. The van der Waals surface area contributed by atoms with Gasteiger partial charge in [0, 0.05) is 18.8 Å². The van der Waals surface area contributed by atoms with Gasteiger partial charge in [-0.3, -0.25) is 9.59 Å². The lowest BCUT2D eigenvalue weighted by atomic mass is 10.1. The van der Waals surface area contributed by atoms with Crippen molar-refractivity contribution < 1.29 is 19.1 Å². The fraction of sp³-hybridized carbons (Fsp3) is 0.385. The number of benzene rings is 1. The lowest BCUT2D eigenvalue weighted by Crippen LogP contribution is -2.46. The van der Waals surface area contributed by atoms with Gasteiger partial charge in [0.05, 0.1) is 6.10 Å². The molecule has 1 aliphatic heterocycles. The maximum atomic E-state index is 12.7. The van der Waals surface area contributed by atoms with Crippen molar-refractivity contribution in [1.29, 1.82) is 0 Å². The van der Waals surface area contributed by atoms with Crippen molar-refractivity contribution in [3.8, 4) is 0 Å². The van der Waals surface area contributed by atoms with Crippen LogP contribution < -0.4 is 5.32 Å². The van der Waals surface area contributed by atoms with Crippen LogP contribution in [0.2, 0.25) is 0 Å². The van der Waals surface area contributed by atoms with Crippen molar-refractivity contribution in [2.24, 2.45) is 0 Å². The van der Waals surface area contributed by atoms with Gasteiger partial charge in [-0.05, 0) is 37.1 Å². The number of aliphatic hydroxyl groups is 1. The largest absolute Gasteiger partial charge is 0.391 e. The van der Waals surface area contributed by atoms with Gasteiger partial charge in [-0.1, -0.05) is 0 Å². The van der Waals surface area contributed by atoms with E-state index in [1.165, 1.54) is 29.2 Å². The number of aliphatic hydroxyl groups excluding tert-OH is 1. The van der Waals surface area contributed by atoms with E-state index >= 15 is 0 Å². The van der Waals surface area contributed by atoms with Crippen molar-refractivity contribution in [3.05, 3.63) is 30.1 Å². The molecule has 0 saturated carbocycles. The highest BCUT2D eigenvalue weighted by atomic mass is 19.1.